The SMILES string of the molecule is CCCNC(=O)N1CCCN(CCCCCN)CC1. The number of hydrogen-bond acceptors (Lipinski definition) is 3. The molecule has 0 saturated carbocycles. The average Bonchev–Trinajstić information content (AvgIpc) is 2.66. The van der Waals surface area contributed by atoms with E-state index in [0.717, 1.165) is 65.1 Å². The Balaban J connectivity index is 2.21. The standard InChI is InChI=1S/C14H30N4O/c1-2-8-16-14(19)18-11-6-10-17(12-13-18)9-5-3-4-7-15/h2-13,15H2,1H3,(H,16,19). The fourth-order valence-electron chi connectivity index (χ4n) is 2.40. The van der Waals surface area contributed by atoms with Gasteiger partial charge in [0.05, 0.1) is 0 Å². The summed E-state index contributed by atoms with van der Waals surface area (Å²) in [6.45, 7) is 8.64. The summed E-state index contributed by atoms with van der Waals surface area (Å²) in [4.78, 5) is 16.3. The van der Waals surface area contributed by atoms with Crippen molar-refractivity contribution in [2.24, 2.45) is 5.73 Å². The molecule has 5 heteroatoms. The van der Waals surface area contributed by atoms with Gasteiger partial charge in [0.1, 0.15) is 0 Å². The van der Waals surface area contributed by atoms with Crippen LogP contribution in [-0.2, 0) is 0 Å². The zero-order valence-corrected chi connectivity index (χ0v) is 12.4. The normalized spacial score (nSPS) is 17.3. The molecule has 0 aromatic heterocycles. The molecule has 1 aliphatic rings. The van der Waals surface area contributed by atoms with E-state index < -0.39 is 0 Å². The first-order valence-corrected chi connectivity index (χ1v) is 7.73. The highest BCUT2D eigenvalue weighted by atomic mass is 16.2. The van der Waals surface area contributed by atoms with Crippen LogP contribution in [0.1, 0.15) is 39.0 Å². The van der Waals surface area contributed by atoms with Gasteiger partial charge in [-0.25, -0.2) is 4.79 Å². The van der Waals surface area contributed by atoms with Crippen LogP contribution in [0.5, 0.6) is 0 Å². The van der Waals surface area contributed by atoms with E-state index in [-0.39, 0.29) is 6.03 Å². The van der Waals surface area contributed by atoms with E-state index in [1.807, 2.05) is 4.90 Å². The molecule has 2 amide bonds. The molecule has 0 aromatic rings. The molecule has 112 valence electrons. The predicted molar refractivity (Wildman–Crippen MR) is 79.2 cm³/mol. The predicted octanol–water partition coefficient (Wildman–Crippen LogP) is 1.24. The van der Waals surface area contributed by atoms with Gasteiger partial charge in [-0.1, -0.05) is 13.3 Å². The molecule has 1 aliphatic heterocycles. The fourth-order valence-corrected chi connectivity index (χ4v) is 2.40. The van der Waals surface area contributed by atoms with Crippen molar-refractivity contribution in [3.05, 3.63) is 0 Å². The topological polar surface area (TPSA) is 61.6 Å². The second-order valence-electron chi connectivity index (χ2n) is 5.26. The van der Waals surface area contributed by atoms with Gasteiger partial charge in [-0.05, 0) is 45.3 Å². The summed E-state index contributed by atoms with van der Waals surface area (Å²) in [5.74, 6) is 0. The smallest absolute Gasteiger partial charge is 0.317 e. The summed E-state index contributed by atoms with van der Waals surface area (Å²) in [5.41, 5.74) is 5.50. The average molecular weight is 270 g/mol. The minimum Gasteiger partial charge on any atom is -0.338 e. The second kappa shape index (κ2) is 10.0. The van der Waals surface area contributed by atoms with Gasteiger partial charge in [-0.3, -0.25) is 0 Å². The molecular weight excluding hydrogens is 240 g/mol. The molecule has 0 radical (unpaired) electrons. The highest BCUT2D eigenvalue weighted by Crippen LogP contribution is 2.05. The third kappa shape index (κ3) is 6.78. The maximum absolute atomic E-state index is 11.9. The summed E-state index contributed by atoms with van der Waals surface area (Å²) >= 11 is 0. The van der Waals surface area contributed by atoms with Crippen LogP contribution in [0.15, 0.2) is 0 Å². The second-order valence-corrected chi connectivity index (χ2v) is 5.26. The first kappa shape index (κ1) is 16.2. The van der Waals surface area contributed by atoms with Gasteiger partial charge in [-0.15, -0.1) is 0 Å². The van der Waals surface area contributed by atoms with Gasteiger partial charge < -0.3 is 20.9 Å². The number of carbonyl (C=O) groups is 1. The summed E-state index contributed by atoms with van der Waals surface area (Å²) in [6, 6.07) is 0.104. The van der Waals surface area contributed by atoms with Crippen molar-refractivity contribution in [3.63, 3.8) is 0 Å². The number of urea groups is 1. The molecule has 0 unspecified atom stereocenters. The number of amides is 2. The molecule has 1 heterocycles. The van der Waals surface area contributed by atoms with E-state index in [1.165, 1.54) is 12.8 Å². The molecule has 19 heavy (non-hydrogen) atoms. The molecule has 3 N–H and O–H groups in total. The summed E-state index contributed by atoms with van der Waals surface area (Å²) in [7, 11) is 0. The Morgan fingerprint density at radius 3 is 2.74 bits per heavy atom. The van der Waals surface area contributed by atoms with E-state index in [4.69, 9.17) is 5.73 Å². The van der Waals surface area contributed by atoms with Crippen LogP contribution in [0, 0.1) is 0 Å². The first-order valence-electron chi connectivity index (χ1n) is 7.73. The third-order valence-corrected chi connectivity index (χ3v) is 3.58. The monoisotopic (exact) mass is 270 g/mol. The Morgan fingerprint density at radius 2 is 2.00 bits per heavy atom. The Kier molecular flexibility index (Phi) is 8.58. The fraction of sp³-hybridized carbons (Fsp3) is 0.929. The number of nitrogens with one attached hydrogen (secondary N) is 1. The number of rotatable bonds is 7. The minimum atomic E-state index is 0.104. The molecule has 0 aromatic carbocycles. The molecule has 0 aliphatic carbocycles. The van der Waals surface area contributed by atoms with Gasteiger partial charge in [0, 0.05) is 26.2 Å². The van der Waals surface area contributed by atoms with Crippen LogP contribution >= 0.6 is 0 Å². The number of unbranched alkanes of at least 4 members (excludes halogenated alkanes) is 2. The molecule has 1 fully saturated rings. The van der Waals surface area contributed by atoms with E-state index in [2.05, 4.69) is 17.1 Å². The Morgan fingerprint density at radius 1 is 1.16 bits per heavy atom. The molecule has 0 bridgehead atoms. The minimum absolute atomic E-state index is 0.104. The Hall–Kier alpha value is -0.810. The van der Waals surface area contributed by atoms with Crippen molar-refractivity contribution in [2.75, 3.05) is 45.8 Å². The van der Waals surface area contributed by atoms with Crippen LogP contribution in [0.2, 0.25) is 0 Å². The Labute approximate surface area is 117 Å². The largest absolute Gasteiger partial charge is 0.338 e. The van der Waals surface area contributed by atoms with Gasteiger partial charge in [0.2, 0.25) is 0 Å². The summed E-state index contributed by atoms with van der Waals surface area (Å²) in [5, 5.41) is 2.96. The maximum atomic E-state index is 11.9. The van der Waals surface area contributed by atoms with Crippen molar-refractivity contribution in [1.82, 2.24) is 15.1 Å². The van der Waals surface area contributed by atoms with Gasteiger partial charge >= 0.3 is 6.03 Å². The van der Waals surface area contributed by atoms with Crippen molar-refractivity contribution >= 4 is 6.03 Å². The Bertz CT molecular complexity index is 248. The van der Waals surface area contributed by atoms with Gasteiger partial charge in [-0.2, -0.15) is 0 Å². The maximum Gasteiger partial charge on any atom is 0.317 e. The van der Waals surface area contributed by atoms with Crippen molar-refractivity contribution in [3.8, 4) is 0 Å². The van der Waals surface area contributed by atoms with E-state index in [0.29, 0.717) is 0 Å². The zero-order valence-electron chi connectivity index (χ0n) is 12.4. The molecule has 1 rings (SSSR count). The van der Waals surface area contributed by atoms with Crippen molar-refractivity contribution in [1.29, 1.82) is 0 Å². The van der Waals surface area contributed by atoms with Crippen LogP contribution in [-0.4, -0.2) is 61.6 Å². The first-order chi connectivity index (χ1) is 9.27. The van der Waals surface area contributed by atoms with Crippen molar-refractivity contribution < 1.29 is 4.79 Å². The molecule has 0 spiro atoms. The number of carbonyl (C=O) groups excluding carboxylic acids is 1. The van der Waals surface area contributed by atoms with Crippen LogP contribution in [0.4, 0.5) is 4.79 Å². The van der Waals surface area contributed by atoms with E-state index in [9.17, 15) is 4.79 Å². The van der Waals surface area contributed by atoms with Crippen LogP contribution in [0.25, 0.3) is 0 Å². The third-order valence-electron chi connectivity index (χ3n) is 3.58. The number of hydrogen-bond donors (Lipinski definition) is 2. The lowest BCUT2D eigenvalue weighted by Gasteiger charge is -2.22. The lowest BCUT2D eigenvalue weighted by atomic mass is 10.2. The van der Waals surface area contributed by atoms with E-state index in [1.54, 1.807) is 0 Å². The summed E-state index contributed by atoms with van der Waals surface area (Å²) in [6.07, 6.45) is 5.63. The molecule has 1 saturated heterocycles. The highest BCUT2D eigenvalue weighted by molar-refractivity contribution is 5.74. The van der Waals surface area contributed by atoms with Gasteiger partial charge in [0.25, 0.3) is 0 Å². The lowest BCUT2D eigenvalue weighted by Crippen LogP contribution is -2.42. The quantitative estimate of drug-likeness (QED) is 0.684. The highest BCUT2D eigenvalue weighted by Gasteiger charge is 2.18. The molecular formula is C14H30N4O. The zero-order chi connectivity index (χ0) is 13.9. The van der Waals surface area contributed by atoms with Crippen LogP contribution in [0.3, 0.4) is 0 Å². The lowest BCUT2D eigenvalue weighted by molar-refractivity contribution is 0.198. The van der Waals surface area contributed by atoms with Gasteiger partial charge in [0.15, 0.2) is 0 Å². The van der Waals surface area contributed by atoms with Crippen molar-refractivity contribution in [2.45, 2.75) is 39.0 Å². The molecule has 5 nitrogen and oxygen atoms in total. The number of nitrogens with zero attached hydrogens (tertiary/aromatic N) is 2. The summed E-state index contributed by atoms with van der Waals surface area (Å²) < 4.78 is 0. The van der Waals surface area contributed by atoms with Crippen LogP contribution < -0.4 is 11.1 Å². The molecule has 0 atom stereocenters. The van der Waals surface area contributed by atoms with E-state index >= 15 is 0 Å². The number of nitrogens with two attached hydrogens (primary N) is 1.